The minimum atomic E-state index is -4.57. The third-order valence-electron chi connectivity index (χ3n) is 6.42. The van der Waals surface area contributed by atoms with Crippen LogP contribution in [0, 0.1) is 12.3 Å². The van der Waals surface area contributed by atoms with Gasteiger partial charge in [0.05, 0.1) is 16.9 Å². The normalized spacial score (nSPS) is 22.3. The largest absolute Gasteiger partial charge is 0.466 e. The van der Waals surface area contributed by atoms with Crippen LogP contribution in [0.2, 0.25) is 0 Å². The molecule has 2 aromatic heterocycles. The third kappa shape index (κ3) is 5.52. The molecule has 0 saturated heterocycles. The monoisotopic (exact) mass is 520 g/mol. The zero-order valence-corrected chi connectivity index (χ0v) is 21.0. The number of carbonyl (C=O) groups is 1. The van der Waals surface area contributed by atoms with Crippen LogP contribution >= 0.6 is 11.3 Å². The molecule has 1 aromatic carbocycles. The zero-order chi connectivity index (χ0) is 26.1. The molecule has 0 amide bonds. The van der Waals surface area contributed by atoms with Crippen molar-refractivity contribution in [3.63, 3.8) is 0 Å². The molecule has 0 atom stereocenters. The van der Waals surface area contributed by atoms with E-state index in [0.717, 1.165) is 28.3 Å². The fraction of sp³-hybridized carbons (Fsp3) is 0.440. The van der Waals surface area contributed by atoms with Crippen molar-refractivity contribution >= 4 is 28.9 Å². The van der Waals surface area contributed by atoms with Crippen LogP contribution in [0.3, 0.4) is 0 Å². The first-order valence-electron chi connectivity index (χ1n) is 11.6. The van der Waals surface area contributed by atoms with Crippen LogP contribution in [0.5, 0.6) is 0 Å². The second-order valence-corrected chi connectivity index (χ2v) is 10.3. The van der Waals surface area contributed by atoms with E-state index in [4.69, 9.17) is 4.74 Å². The fourth-order valence-electron chi connectivity index (χ4n) is 4.26. The number of hydrogen-bond acceptors (Lipinski definition) is 8. The lowest BCUT2D eigenvalue weighted by molar-refractivity contribution is -0.160. The summed E-state index contributed by atoms with van der Waals surface area (Å²) in [5.41, 5.74) is -0.584. The van der Waals surface area contributed by atoms with Crippen LogP contribution in [0.15, 0.2) is 36.7 Å². The number of benzene rings is 1. The van der Waals surface area contributed by atoms with E-state index in [1.165, 1.54) is 11.3 Å². The molecule has 1 aliphatic rings. The number of alkyl halides is 3. The second-order valence-electron chi connectivity index (χ2n) is 9.32. The average molecular weight is 521 g/mol. The van der Waals surface area contributed by atoms with Crippen molar-refractivity contribution in [1.82, 2.24) is 15.0 Å². The molecule has 0 radical (unpaired) electrons. The van der Waals surface area contributed by atoms with E-state index >= 15 is 0 Å². The Morgan fingerprint density at radius 3 is 2.58 bits per heavy atom. The number of nitrogens with one attached hydrogen (secondary N) is 1. The number of aliphatic hydroxyl groups is 1. The summed E-state index contributed by atoms with van der Waals surface area (Å²) in [6, 6.07) is 6.30. The molecule has 7 nitrogen and oxygen atoms in total. The number of carbonyl (C=O) groups excluding carboxylic acids is 1. The maximum absolute atomic E-state index is 13.0. The summed E-state index contributed by atoms with van der Waals surface area (Å²) in [6.45, 7) is 5.83. The van der Waals surface area contributed by atoms with Gasteiger partial charge in [0.2, 0.25) is 5.95 Å². The average Bonchev–Trinajstić information content (AvgIpc) is 3.32. The Bertz CT molecular complexity index is 1250. The van der Waals surface area contributed by atoms with Crippen LogP contribution in [-0.2, 0) is 21.3 Å². The van der Waals surface area contributed by atoms with E-state index < -0.39 is 22.9 Å². The molecule has 0 unspecified atom stereocenters. The summed E-state index contributed by atoms with van der Waals surface area (Å²) >= 11 is 1.35. The molecule has 1 fully saturated rings. The molecule has 2 heterocycles. The first kappa shape index (κ1) is 26.0. The van der Waals surface area contributed by atoms with Gasteiger partial charge in [-0.05, 0) is 75.8 Å². The standard InChI is InChI=1S/C25H27F3N4O3S/c1-4-35-21(33)23(3)6-8-24(34,9-7-23)20-30-14-18(36-20)16-11-15(2)12-17(13-16)31-22-29-10-5-19(32-22)25(26,27)28/h5,10-14,34H,4,6-9H2,1-3H3,(H,29,31,32)/t23-,24+. The number of halogens is 3. The van der Waals surface area contributed by atoms with Gasteiger partial charge in [-0.15, -0.1) is 11.3 Å². The highest BCUT2D eigenvalue weighted by Crippen LogP contribution is 2.47. The molecular formula is C25H27F3N4O3S. The van der Waals surface area contributed by atoms with Gasteiger partial charge in [0.1, 0.15) is 16.3 Å². The Labute approximate surface area is 210 Å². The van der Waals surface area contributed by atoms with Crippen molar-refractivity contribution in [3.8, 4) is 10.4 Å². The predicted octanol–water partition coefficient (Wildman–Crippen LogP) is 6.00. The Balaban J connectivity index is 1.53. The van der Waals surface area contributed by atoms with Crippen molar-refractivity contribution in [2.45, 2.75) is 58.2 Å². The highest BCUT2D eigenvalue weighted by Gasteiger charge is 2.46. The third-order valence-corrected chi connectivity index (χ3v) is 7.66. The van der Waals surface area contributed by atoms with Gasteiger partial charge in [0, 0.05) is 18.1 Å². The second kappa shape index (κ2) is 9.78. The number of aromatic nitrogens is 3. The van der Waals surface area contributed by atoms with E-state index in [2.05, 4.69) is 20.3 Å². The highest BCUT2D eigenvalue weighted by atomic mass is 32.1. The van der Waals surface area contributed by atoms with Crippen LogP contribution in [0.4, 0.5) is 24.8 Å². The summed E-state index contributed by atoms with van der Waals surface area (Å²) in [6.07, 6.45) is -0.0626. The van der Waals surface area contributed by atoms with E-state index in [0.29, 0.717) is 43.0 Å². The van der Waals surface area contributed by atoms with Crippen LogP contribution in [0.1, 0.15) is 55.8 Å². The van der Waals surface area contributed by atoms with Gasteiger partial charge in [-0.1, -0.05) is 6.07 Å². The van der Waals surface area contributed by atoms with E-state index in [-0.39, 0.29) is 11.9 Å². The van der Waals surface area contributed by atoms with Gasteiger partial charge in [-0.3, -0.25) is 4.79 Å². The molecule has 4 rings (SSSR count). The van der Waals surface area contributed by atoms with Gasteiger partial charge in [0.15, 0.2) is 0 Å². The number of esters is 1. The summed E-state index contributed by atoms with van der Waals surface area (Å²) in [7, 11) is 0. The van der Waals surface area contributed by atoms with Crippen molar-refractivity contribution < 1.29 is 27.8 Å². The molecule has 1 saturated carbocycles. The SMILES string of the molecule is CCOC(=O)[C@]1(C)CC[C@@](O)(c2ncc(-c3cc(C)cc(Nc4nccc(C(F)(F)F)n4)c3)s2)CC1. The number of rotatable bonds is 6. The maximum atomic E-state index is 13.0. The number of thiazole rings is 1. The van der Waals surface area contributed by atoms with E-state index in [1.54, 1.807) is 25.3 Å². The zero-order valence-electron chi connectivity index (χ0n) is 20.1. The molecular weight excluding hydrogens is 493 g/mol. The lowest BCUT2D eigenvalue weighted by Gasteiger charge is -2.39. The lowest BCUT2D eigenvalue weighted by Crippen LogP contribution is -2.40. The van der Waals surface area contributed by atoms with Crippen LogP contribution in [-0.4, -0.2) is 32.6 Å². The molecule has 0 bridgehead atoms. The smallest absolute Gasteiger partial charge is 0.433 e. The number of ether oxygens (including phenoxy) is 1. The molecule has 0 spiro atoms. The molecule has 0 aliphatic heterocycles. The van der Waals surface area contributed by atoms with Gasteiger partial charge >= 0.3 is 12.1 Å². The topological polar surface area (TPSA) is 97.2 Å². The number of nitrogens with zero attached hydrogens (tertiary/aromatic N) is 3. The van der Waals surface area contributed by atoms with Crippen molar-refractivity contribution in [2.75, 3.05) is 11.9 Å². The minimum Gasteiger partial charge on any atom is -0.466 e. The fourth-order valence-corrected chi connectivity index (χ4v) is 5.31. The Morgan fingerprint density at radius 1 is 1.19 bits per heavy atom. The van der Waals surface area contributed by atoms with Gasteiger partial charge < -0.3 is 15.2 Å². The summed E-state index contributed by atoms with van der Waals surface area (Å²) in [4.78, 5) is 25.1. The first-order chi connectivity index (χ1) is 16.9. The Kier molecular flexibility index (Phi) is 7.07. The van der Waals surface area contributed by atoms with Gasteiger partial charge in [-0.25, -0.2) is 15.0 Å². The molecule has 192 valence electrons. The first-order valence-corrected chi connectivity index (χ1v) is 12.4. The summed E-state index contributed by atoms with van der Waals surface area (Å²) in [5.74, 6) is -0.399. The Hall–Kier alpha value is -3.05. The number of hydrogen-bond donors (Lipinski definition) is 2. The minimum absolute atomic E-state index is 0.160. The molecule has 2 N–H and O–H groups in total. The summed E-state index contributed by atoms with van der Waals surface area (Å²) < 4.78 is 44.2. The lowest BCUT2D eigenvalue weighted by atomic mass is 9.70. The molecule has 36 heavy (non-hydrogen) atoms. The van der Waals surface area contributed by atoms with Gasteiger partial charge in [-0.2, -0.15) is 13.2 Å². The highest BCUT2D eigenvalue weighted by molar-refractivity contribution is 7.15. The molecule has 3 aromatic rings. The predicted molar refractivity (Wildman–Crippen MR) is 130 cm³/mol. The maximum Gasteiger partial charge on any atom is 0.433 e. The molecule has 1 aliphatic carbocycles. The number of aryl methyl sites for hydroxylation is 1. The van der Waals surface area contributed by atoms with Crippen molar-refractivity contribution in [3.05, 3.63) is 52.9 Å². The van der Waals surface area contributed by atoms with Crippen molar-refractivity contribution in [2.24, 2.45) is 5.41 Å². The van der Waals surface area contributed by atoms with Crippen LogP contribution < -0.4 is 5.32 Å². The molecule has 11 heteroatoms. The quantitative estimate of drug-likeness (QED) is 0.385. The Morgan fingerprint density at radius 2 is 1.92 bits per heavy atom. The van der Waals surface area contributed by atoms with Gasteiger partial charge in [0.25, 0.3) is 0 Å². The summed E-state index contributed by atoms with van der Waals surface area (Å²) in [5, 5.41) is 14.7. The van der Waals surface area contributed by atoms with Crippen molar-refractivity contribution in [1.29, 1.82) is 0 Å². The number of anilines is 2. The van der Waals surface area contributed by atoms with E-state index in [9.17, 15) is 23.1 Å². The van der Waals surface area contributed by atoms with Crippen LogP contribution in [0.25, 0.3) is 10.4 Å². The van der Waals surface area contributed by atoms with E-state index in [1.807, 2.05) is 19.9 Å².